The van der Waals surface area contributed by atoms with Crippen LogP contribution in [0.5, 0.6) is 0 Å². The van der Waals surface area contributed by atoms with Crippen LogP contribution in [-0.4, -0.2) is 36.1 Å². The third-order valence-corrected chi connectivity index (χ3v) is 3.18. The molecule has 0 aliphatic carbocycles. The normalized spacial score (nSPS) is 21.2. The van der Waals surface area contributed by atoms with Gasteiger partial charge in [-0.3, -0.25) is 4.68 Å². The molecule has 2 rings (SSSR count). The maximum Gasteiger partial charge on any atom is 0.0521 e. The summed E-state index contributed by atoms with van der Waals surface area (Å²) in [7, 11) is 1.97. The molecule has 0 amide bonds. The predicted octanol–water partition coefficient (Wildman–Crippen LogP) is 0.979. The van der Waals surface area contributed by atoms with E-state index in [0.717, 1.165) is 26.2 Å². The molecule has 1 aliphatic heterocycles. The quantitative estimate of drug-likeness (QED) is 0.756. The number of aryl methyl sites for hydroxylation is 1. The van der Waals surface area contributed by atoms with Gasteiger partial charge in [-0.25, -0.2) is 0 Å². The van der Waals surface area contributed by atoms with Gasteiger partial charge in [-0.15, -0.1) is 0 Å². The lowest BCUT2D eigenvalue weighted by Crippen LogP contribution is -2.32. The molecule has 1 saturated heterocycles. The summed E-state index contributed by atoms with van der Waals surface area (Å²) < 4.78 is 7.63. The zero-order valence-corrected chi connectivity index (χ0v) is 9.98. The fourth-order valence-electron chi connectivity index (χ4n) is 2.14. The highest BCUT2D eigenvalue weighted by Gasteiger charge is 2.12. The van der Waals surface area contributed by atoms with Gasteiger partial charge >= 0.3 is 0 Å². The van der Waals surface area contributed by atoms with Crippen molar-refractivity contribution in [1.82, 2.24) is 15.1 Å². The third kappa shape index (κ3) is 3.32. The lowest BCUT2D eigenvalue weighted by Gasteiger charge is -2.22. The highest BCUT2D eigenvalue weighted by molar-refractivity contribution is 4.99. The monoisotopic (exact) mass is 223 g/mol. The van der Waals surface area contributed by atoms with Crippen molar-refractivity contribution in [3.05, 3.63) is 18.0 Å². The SMILES string of the molecule is Cn1nccc1CCOCC1CCCNC1. The van der Waals surface area contributed by atoms with Crippen LogP contribution < -0.4 is 5.32 Å². The van der Waals surface area contributed by atoms with Crippen LogP contribution in [0.4, 0.5) is 0 Å². The topological polar surface area (TPSA) is 39.1 Å². The average molecular weight is 223 g/mol. The number of ether oxygens (including phenoxy) is 1. The van der Waals surface area contributed by atoms with Gasteiger partial charge in [-0.1, -0.05) is 0 Å². The lowest BCUT2D eigenvalue weighted by molar-refractivity contribution is 0.0913. The smallest absolute Gasteiger partial charge is 0.0521 e. The Hall–Kier alpha value is -0.870. The molecule has 0 radical (unpaired) electrons. The maximum atomic E-state index is 5.72. The molecule has 1 N–H and O–H groups in total. The second kappa shape index (κ2) is 6.01. The molecule has 90 valence electrons. The van der Waals surface area contributed by atoms with Crippen LogP contribution in [-0.2, 0) is 18.2 Å². The molecular weight excluding hydrogens is 202 g/mol. The summed E-state index contributed by atoms with van der Waals surface area (Å²) in [6.07, 6.45) is 5.38. The molecule has 0 aromatic carbocycles. The molecule has 4 heteroatoms. The minimum Gasteiger partial charge on any atom is -0.381 e. The molecule has 1 aromatic heterocycles. The van der Waals surface area contributed by atoms with Gasteiger partial charge in [-0.2, -0.15) is 5.10 Å². The van der Waals surface area contributed by atoms with Crippen LogP contribution in [0.3, 0.4) is 0 Å². The van der Waals surface area contributed by atoms with Gasteiger partial charge in [0.15, 0.2) is 0 Å². The fraction of sp³-hybridized carbons (Fsp3) is 0.750. The van der Waals surface area contributed by atoms with E-state index < -0.39 is 0 Å². The zero-order chi connectivity index (χ0) is 11.2. The molecule has 0 bridgehead atoms. The number of piperidine rings is 1. The molecule has 1 fully saturated rings. The fourth-order valence-corrected chi connectivity index (χ4v) is 2.14. The van der Waals surface area contributed by atoms with Gasteiger partial charge in [0, 0.05) is 31.9 Å². The Morgan fingerprint density at radius 2 is 2.56 bits per heavy atom. The van der Waals surface area contributed by atoms with Crippen molar-refractivity contribution in [3.63, 3.8) is 0 Å². The number of aromatic nitrogens is 2. The highest BCUT2D eigenvalue weighted by atomic mass is 16.5. The first-order valence-corrected chi connectivity index (χ1v) is 6.11. The summed E-state index contributed by atoms with van der Waals surface area (Å²) >= 11 is 0. The molecule has 4 nitrogen and oxygen atoms in total. The molecule has 0 spiro atoms. The van der Waals surface area contributed by atoms with Crippen molar-refractivity contribution in [3.8, 4) is 0 Å². The largest absolute Gasteiger partial charge is 0.381 e. The summed E-state index contributed by atoms with van der Waals surface area (Å²) in [5.74, 6) is 0.709. The van der Waals surface area contributed by atoms with Crippen LogP contribution in [0.15, 0.2) is 12.3 Å². The van der Waals surface area contributed by atoms with E-state index in [9.17, 15) is 0 Å². The lowest BCUT2D eigenvalue weighted by atomic mass is 10.0. The van der Waals surface area contributed by atoms with Crippen molar-refractivity contribution < 1.29 is 4.74 Å². The van der Waals surface area contributed by atoms with Gasteiger partial charge in [0.2, 0.25) is 0 Å². The number of rotatable bonds is 5. The van der Waals surface area contributed by atoms with E-state index in [4.69, 9.17) is 4.74 Å². The molecule has 1 unspecified atom stereocenters. The van der Waals surface area contributed by atoms with Crippen molar-refractivity contribution in [2.75, 3.05) is 26.3 Å². The molecule has 16 heavy (non-hydrogen) atoms. The van der Waals surface area contributed by atoms with E-state index in [1.807, 2.05) is 24.0 Å². The van der Waals surface area contributed by atoms with E-state index in [0.29, 0.717) is 5.92 Å². The Bertz CT molecular complexity index is 305. The first-order chi connectivity index (χ1) is 7.86. The van der Waals surface area contributed by atoms with E-state index in [2.05, 4.69) is 10.4 Å². The average Bonchev–Trinajstić information content (AvgIpc) is 2.72. The summed E-state index contributed by atoms with van der Waals surface area (Å²) in [5.41, 5.74) is 1.24. The van der Waals surface area contributed by atoms with Crippen molar-refractivity contribution in [2.45, 2.75) is 19.3 Å². The highest BCUT2D eigenvalue weighted by Crippen LogP contribution is 2.10. The van der Waals surface area contributed by atoms with Crippen LogP contribution in [0.25, 0.3) is 0 Å². The van der Waals surface area contributed by atoms with Gasteiger partial charge in [0.1, 0.15) is 0 Å². The standard InChI is InChI=1S/C12H21N3O/c1-15-12(4-7-14-15)5-8-16-10-11-3-2-6-13-9-11/h4,7,11,13H,2-3,5-6,8-10H2,1H3. The molecule has 1 aromatic rings. The van der Waals surface area contributed by atoms with Gasteiger partial charge in [0.25, 0.3) is 0 Å². The zero-order valence-electron chi connectivity index (χ0n) is 9.98. The van der Waals surface area contributed by atoms with Crippen molar-refractivity contribution in [2.24, 2.45) is 13.0 Å². The molecule has 1 atom stereocenters. The van der Waals surface area contributed by atoms with Crippen molar-refractivity contribution in [1.29, 1.82) is 0 Å². The van der Waals surface area contributed by atoms with Crippen LogP contribution in [0, 0.1) is 5.92 Å². The molecule has 1 aliphatic rings. The molecule has 0 saturated carbocycles. The number of hydrogen-bond donors (Lipinski definition) is 1. The Kier molecular flexibility index (Phi) is 4.36. The third-order valence-electron chi connectivity index (χ3n) is 3.18. The minimum absolute atomic E-state index is 0.709. The van der Waals surface area contributed by atoms with Crippen LogP contribution in [0.1, 0.15) is 18.5 Å². The summed E-state index contributed by atoms with van der Waals surface area (Å²) in [6, 6.07) is 2.05. The van der Waals surface area contributed by atoms with E-state index in [-0.39, 0.29) is 0 Å². The first-order valence-electron chi connectivity index (χ1n) is 6.11. The van der Waals surface area contributed by atoms with E-state index >= 15 is 0 Å². The van der Waals surface area contributed by atoms with E-state index in [1.165, 1.54) is 25.1 Å². The van der Waals surface area contributed by atoms with Gasteiger partial charge < -0.3 is 10.1 Å². The number of hydrogen-bond acceptors (Lipinski definition) is 3. The maximum absolute atomic E-state index is 5.72. The molecule has 2 heterocycles. The number of nitrogens with one attached hydrogen (secondary N) is 1. The predicted molar refractivity (Wildman–Crippen MR) is 63.3 cm³/mol. The second-order valence-electron chi connectivity index (χ2n) is 4.48. The first kappa shape index (κ1) is 11.6. The number of nitrogens with zero attached hydrogens (tertiary/aromatic N) is 2. The van der Waals surface area contributed by atoms with Gasteiger partial charge in [0.05, 0.1) is 13.2 Å². The minimum atomic E-state index is 0.709. The summed E-state index contributed by atoms with van der Waals surface area (Å²) in [6.45, 7) is 3.98. The summed E-state index contributed by atoms with van der Waals surface area (Å²) in [4.78, 5) is 0. The Morgan fingerprint density at radius 3 is 3.25 bits per heavy atom. The van der Waals surface area contributed by atoms with Gasteiger partial charge in [-0.05, 0) is 31.4 Å². The van der Waals surface area contributed by atoms with Crippen LogP contribution in [0.2, 0.25) is 0 Å². The Morgan fingerprint density at radius 1 is 1.62 bits per heavy atom. The molecular formula is C12H21N3O. The Labute approximate surface area is 97.0 Å². The van der Waals surface area contributed by atoms with Crippen molar-refractivity contribution >= 4 is 0 Å². The van der Waals surface area contributed by atoms with Crippen LogP contribution >= 0.6 is 0 Å². The Balaban J connectivity index is 1.59. The summed E-state index contributed by atoms with van der Waals surface area (Å²) in [5, 5.41) is 7.54. The second-order valence-corrected chi connectivity index (χ2v) is 4.48. The van der Waals surface area contributed by atoms with E-state index in [1.54, 1.807) is 0 Å².